The lowest BCUT2D eigenvalue weighted by Crippen LogP contribution is -2.02. The first-order chi connectivity index (χ1) is 11.8. The Morgan fingerprint density at radius 3 is 2.21 bits per heavy atom. The van der Waals surface area contributed by atoms with Crippen molar-refractivity contribution in [1.29, 1.82) is 0 Å². The highest BCUT2D eigenvalue weighted by Gasteiger charge is 2.13. The van der Waals surface area contributed by atoms with Crippen molar-refractivity contribution in [2.45, 2.75) is 13.5 Å². The van der Waals surface area contributed by atoms with Gasteiger partial charge in [0.05, 0.1) is 11.4 Å². The van der Waals surface area contributed by atoms with Gasteiger partial charge in [-0.2, -0.15) is 0 Å². The molecule has 0 bridgehead atoms. The van der Waals surface area contributed by atoms with Gasteiger partial charge < -0.3 is 10.1 Å². The molecule has 2 aromatic heterocycles. The van der Waals surface area contributed by atoms with Gasteiger partial charge in [0.2, 0.25) is 0 Å². The second-order valence-electron chi connectivity index (χ2n) is 5.94. The van der Waals surface area contributed by atoms with Crippen LogP contribution in [-0.2, 0) is 6.54 Å². The second-order valence-corrected chi connectivity index (χ2v) is 5.94. The predicted octanol–water partition coefficient (Wildman–Crippen LogP) is 4.44. The van der Waals surface area contributed by atoms with Crippen molar-refractivity contribution in [3.05, 3.63) is 84.2 Å². The van der Waals surface area contributed by atoms with Gasteiger partial charge in [0, 0.05) is 18.3 Å². The minimum atomic E-state index is 0.459. The van der Waals surface area contributed by atoms with E-state index in [2.05, 4.69) is 65.9 Å². The normalized spacial score (nSPS) is 11.1. The molecule has 2 heterocycles. The summed E-state index contributed by atoms with van der Waals surface area (Å²) in [5.74, 6) is 0. The third kappa shape index (κ3) is 2.39. The van der Waals surface area contributed by atoms with Crippen LogP contribution in [0, 0.1) is 6.92 Å². The van der Waals surface area contributed by atoms with Crippen molar-refractivity contribution in [3.8, 4) is 22.4 Å². The zero-order valence-corrected chi connectivity index (χ0v) is 13.6. The standard InChI is InChI=1S/C21H19N3/c1-15-6-5-13-24-19(14-22)20(23-21(15)24)18-11-9-17(10-12-18)16-7-3-2-4-8-16/h2-13H,14,22H2,1H3. The molecule has 0 amide bonds. The topological polar surface area (TPSA) is 43.3 Å². The highest BCUT2D eigenvalue weighted by Crippen LogP contribution is 2.28. The number of nitrogens with two attached hydrogens (primary N) is 1. The van der Waals surface area contributed by atoms with Gasteiger partial charge in [0.25, 0.3) is 0 Å². The number of rotatable bonds is 3. The summed E-state index contributed by atoms with van der Waals surface area (Å²) in [6, 6.07) is 23.0. The molecule has 0 atom stereocenters. The minimum Gasteiger partial charge on any atom is -0.325 e. The van der Waals surface area contributed by atoms with Crippen molar-refractivity contribution in [1.82, 2.24) is 9.38 Å². The summed E-state index contributed by atoms with van der Waals surface area (Å²) in [5, 5.41) is 0. The molecule has 0 radical (unpaired) electrons. The van der Waals surface area contributed by atoms with E-state index < -0.39 is 0 Å². The molecule has 2 aromatic carbocycles. The molecular formula is C21H19N3. The van der Waals surface area contributed by atoms with Crippen LogP contribution in [0.1, 0.15) is 11.3 Å². The van der Waals surface area contributed by atoms with Crippen LogP contribution in [-0.4, -0.2) is 9.38 Å². The Morgan fingerprint density at radius 2 is 1.50 bits per heavy atom. The number of aryl methyl sites for hydroxylation is 1. The van der Waals surface area contributed by atoms with E-state index in [-0.39, 0.29) is 0 Å². The molecule has 3 heteroatoms. The van der Waals surface area contributed by atoms with E-state index >= 15 is 0 Å². The lowest BCUT2D eigenvalue weighted by molar-refractivity contribution is 0.959. The van der Waals surface area contributed by atoms with Crippen molar-refractivity contribution < 1.29 is 0 Å². The summed E-state index contributed by atoms with van der Waals surface area (Å²) >= 11 is 0. The van der Waals surface area contributed by atoms with Gasteiger partial charge >= 0.3 is 0 Å². The van der Waals surface area contributed by atoms with Gasteiger partial charge in [-0.25, -0.2) is 4.98 Å². The SMILES string of the molecule is Cc1cccn2c(CN)c(-c3ccc(-c4ccccc4)cc3)nc12. The van der Waals surface area contributed by atoms with Gasteiger partial charge in [-0.15, -0.1) is 0 Å². The fourth-order valence-electron chi connectivity index (χ4n) is 3.13. The summed E-state index contributed by atoms with van der Waals surface area (Å²) in [7, 11) is 0. The Hall–Kier alpha value is -2.91. The molecule has 4 aromatic rings. The number of benzene rings is 2. The predicted molar refractivity (Wildman–Crippen MR) is 98.7 cm³/mol. The van der Waals surface area contributed by atoms with Gasteiger partial charge in [-0.3, -0.25) is 0 Å². The van der Waals surface area contributed by atoms with Gasteiger partial charge in [0.1, 0.15) is 5.65 Å². The summed E-state index contributed by atoms with van der Waals surface area (Å²) < 4.78 is 2.09. The number of hydrogen-bond donors (Lipinski definition) is 1. The Morgan fingerprint density at radius 1 is 0.833 bits per heavy atom. The largest absolute Gasteiger partial charge is 0.325 e. The van der Waals surface area contributed by atoms with E-state index in [1.807, 2.05) is 18.3 Å². The van der Waals surface area contributed by atoms with Gasteiger partial charge in [-0.05, 0) is 29.7 Å². The molecule has 24 heavy (non-hydrogen) atoms. The Balaban J connectivity index is 1.82. The average Bonchev–Trinajstić information content (AvgIpc) is 3.03. The van der Waals surface area contributed by atoms with Crippen molar-refractivity contribution in [3.63, 3.8) is 0 Å². The number of nitrogens with zero attached hydrogens (tertiary/aromatic N) is 2. The third-order valence-corrected chi connectivity index (χ3v) is 4.40. The van der Waals surface area contributed by atoms with Crippen LogP contribution in [0.15, 0.2) is 72.9 Å². The van der Waals surface area contributed by atoms with E-state index in [1.165, 1.54) is 11.1 Å². The first-order valence-electron chi connectivity index (χ1n) is 8.10. The Kier molecular flexibility index (Phi) is 3.63. The van der Waals surface area contributed by atoms with E-state index in [0.29, 0.717) is 6.54 Å². The zero-order valence-electron chi connectivity index (χ0n) is 13.6. The van der Waals surface area contributed by atoms with Crippen molar-refractivity contribution in [2.24, 2.45) is 5.73 Å². The number of imidazole rings is 1. The highest BCUT2D eigenvalue weighted by atomic mass is 15.0. The number of fused-ring (bicyclic) bond motifs is 1. The molecule has 0 fully saturated rings. The van der Waals surface area contributed by atoms with Gasteiger partial charge in [0.15, 0.2) is 0 Å². The number of aromatic nitrogens is 2. The van der Waals surface area contributed by atoms with Crippen molar-refractivity contribution >= 4 is 5.65 Å². The maximum absolute atomic E-state index is 6.01. The second kappa shape index (κ2) is 5.95. The molecule has 2 N–H and O–H groups in total. The maximum atomic E-state index is 6.01. The number of hydrogen-bond acceptors (Lipinski definition) is 2. The smallest absolute Gasteiger partial charge is 0.140 e. The van der Waals surface area contributed by atoms with Crippen LogP contribution >= 0.6 is 0 Å². The molecular weight excluding hydrogens is 294 g/mol. The van der Waals surface area contributed by atoms with Crippen LogP contribution in [0.5, 0.6) is 0 Å². The lowest BCUT2D eigenvalue weighted by atomic mass is 10.0. The molecule has 0 saturated carbocycles. The average molecular weight is 313 g/mol. The summed E-state index contributed by atoms with van der Waals surface area (Å²) in [5.41, 5.74) is 13.7. The molecule has 0 aliphatic heterocycles. The minimum absolute atomic E-state index is 0.459. The van der Waals surface area contributed by atoms with Crippen LogP contribution in [0.4, 0.5) is 0 Å². The summed E-state index contributed by atoms with van der Waals surface area (Å²) in [6.07, 6.45) is 2.03. The Bertz CT molecular complexity index is 983. The first-order valence-corrected chi connectivity index (χ1v) is 8.10. The monoisotopic (exact) mass is 313 g/mol. The molecule has 3 nitrogen and oxygen atoms in total. The van der Waals surface area contributed by atoms with Crippen LogP contribution in [0.2, 0.25) is 0 Å². The van der Waals surface area contributed by atoms with E-state index in [4.69, 9.17) is 10.7 Å². The highest BCUT2D eigenvalue weighted by molar-refractivity contribution is 5.72. The van der Waals surface area contributed by atoms with Crippen LogP contribution in [0.3, 0.4) is 0 Å². The third-order valence-electron chi connectivity index (χ3n) is 4.40. The van der Waals surface area contributed by atoms with Crippen molar-refractivity contribution in [2.75, 3.05) is 0 Å². The molecule has 0 aliphatic rings. The lowest BCUT2D eigenvalue weighted by Gasteiger charge is -2.05. The molecule has 0 unspecified atom stereocenters. The van der Waals surface area contributed by atoms with E-state index in [1.54, 1.807) is 0 Å². The van der Waals surface area contributed by atoms with Crippen LogP contribution < -0.4 is 5.73 Å². The Labute approximate surface area is 141 Å². The fourth-order valence-corrected chi connectivity index (χ4v) is 3.13. The molecule has 0 aliphatic carbocycles. The van der Waals surface area contributed by atoms with E-state index in [0.717, 1.165) is 28.2 Å². The summed E-state index contributed by atoms with van der Waals surface area (Å²) in [4.78, 5) is 4.84. The van der Waals surface area contributed by atoms with Gasteiger partial charge in [-0.1, -0.05) is 60.7 Å². The maximum Gasteiger partial charge on any atom is 0.140 e. The molecule has 4 rings (SSSR count). The van der Waals surface area contributed by atoms with E-state index in [9.17, 15) is 0 Å². The van der Waals surface area contributed by atoms with Crippen LogP contribution in [0.25, 0.3) is 28.0 Å². The molecule has 0 saturated heterocycles. The first kappa shape index (κ1) is 14.7. The summed E-state index contributed by atoms with van der Waals surface area (Å²) in [6.45, 7) is 2.53. The quantitative estimate of drug-likeness (QED) is 0.608. The number of pyridine rings is 1. The zero-order chi connectivity index (χ0) is 16.5. The molecule has 0 spiro atoms. The molecule has 118 valence electrons. The fraction of sp³-hybridized carbons (Fsp3) is 0.0952.